The molecule has 1 amide bonds. The number of nitrogens with one attached hydrogen (secondary N) is 3. The number of pyridine rings is 2. The normalized spacial score (nSPS) is 10.4. The Kier molecular flexibility index (Phi) is 5.07. The van der Waals surface area contributed by atoms with Gasteiger partial charge in [0.05, 0.1) is 10.4 Å². The van der Waals surface area contributed by atoms with E-state index in [1.807, 2.05) is 12.1 Å². The van der Waals surface area contributed by atoms with Crippen LogP contribution in [0.25, 0.3) is 10.9 Å². The van der Waals surface area contributed by atoms with E-state index in [1.165, 1.54) is 12.3 Å². The van der Waals surface area contributed by atoms with E-state index in [9.17, 15) is 14.9 Å². The molecule has 3 aromatic heterocycles. The van der Waals surface area contributed by atoms with E-state index in [0.717, 1.165) is 17.2 Å². The van der Waals surface area contributed by atoms with Crippen molar-refractivity contribution in [3.63, 3.8) is 0 Å². The monoisotopic (exact) mass is 402 g/mol. The Morgan fingerprint density at radius 3 is 2.53 bits per heavy atom. The summed E-state index contributed by atoms with van der Waals surface area (Å²) in [5, 5.41) is 15.4. The van der Waals surface area contributed by atoms with Gasteiger partial charge in [0.25, 0.3) is 5.91 Å². The molecule has 0 bridgehead atoms. The molecule has 1 aromatic carbocycles. The largest absolute Gasteiger partial charge is 0.355 e. The lowest BCUT2D eigenvalue weighted by atomic mass is 10.2. The van der Waals surface area contributed by atoms with E-state index in [0.29, 0.717) is 5.69 Å². The summed E-state index contributed by atoms with van der Waals surface area (Å²) in [7, 11) is 0. The minimum Gasteiger partial charge on any atom is -0.334 e. The summed E-state index contributed by atoms with van der Waals surface area (Å²) in [6, 6.07) is 13.8. The zero-order chi connectivity index (χ0) is 20.9. The third-order valence-corrected chi connectivity index (χ3v) is 4.10. The van der Waals surface area contributed by atoms with Crippen molar-refractivity contribution in [3.05, 3.63) is 83.1 Å². The third-order valence-electron chi connectivity index (χ3n) is 4.10. The summed E-state index contributed by atoms with van der Waals surface area (Å²) in [5.41, 5.74) is 5.84. The van der Waals surface area contributed by atoms with Crippen molar-refractivity contribution in [1.82, 2.24) is 25.4 Å². The highest BCUT2D eigenvalue weighted by atomic mass is 16.6. The Hall–Kier alpha value is -4.67. The number of carbonyl (C=O) groups is 1. The van der Waals surface area contributed by atoms with Crippen molar-refractivity contribution in [1.29, 1.82) is 0 Å². The minimum absolute atomic E-state index is 0.0408. The fourth-order valence-corrected chi connectivity index (χ4v) is 2.75. The molecule has 0 spiro atoms. The molecule has 11 heteroatoms. The van der Waals surface area contributed by atoms with Gasteiger partial charge in [-0.05, 0) is 36.4 Å². The van der Waals surface area contributed by atoms with Gasteiger partial charge in [-0.1, -0.05) is 12.1 Å². The highest BCUT2D eigenvalue weighted by Gasteiger charge is 2.24. The maximum atomic E-state index is 12.1. The molecule has 3 heterocycles. The predicted molar refractivity (Wildman–Crippen MR) is 109 cm³/mol. The lowest BCUT2D eigenvalue weighted by molar-refractivity contribution is -0.383. The summed E-state index contributed by atoms with van der Waals surface area (Å²) in [6.45, 7) is 0. The number of amides is 1. The second-order valence-electron chi connectivity index (χ2n) is 5.97. The Morgan fingerprint density at radius 1 is 0.900 bits per heavy atom. The maximum absolute atomic E-state index is 12.1. The van der Waals surface area contributed by atoms with Gasteiger partial charge in [0.15, 0.2) is 0 Å². The lowest BCUT2D eigenvalue weighted by Gasteiger charge is -2.12. The summed E-state index contributed by atoms with van der Waals surface area (Å²) < 4.78 is 0. The molecular weight excluding hydrogens is 388 g/mol. The van der Waals surface area contributed by atoms with Gasteiger partial charge in [-0.15, -0.1) is 0 Å². The fraction of sp³-hybridized carbons (Fsp3) is 0. The molecule has 0 saturated heterocycles. The van der Waals surface area contributed by atoms with Crippen LogP contribution in [-0.2, 0) is 0 Å². The first kappa shape index (κ1) is 18.7. The van der Waals surface area contributed by atoms with Crippen molar-refractivity contribution in [2.75, 3.05) is 10.7 Å². The standard InChI is InChI=1S/C19H14N8O3/c28-19(15-6-1-2-9-21-15)26-25-18-16(27(29)30)17(22-11-23-18)24-14-8-3-7-13-12(14)5-4-10-20-13/h1-11H,(H,26,28)(H2,22,23,24,25). The topological polar surface area (TPSA) is 148 Å². The van der Waals surface area contributed by atoms with E-state index in [-0.39, 0.29) is 17.3 Å². The van der Waals surface area contributed by atoms with Crippen LogP contribution in [0, 0.1) is 10.1 Å². The number of anilines is 3. The molecular formula is C19H14N8O3. The highest BCUT2D eigenvalue weighted by molar-refractivity contribution is 5.94. The molecule has 0 saturated carbocycles. The van der Waals surface area contributed by atoms with Crippen molar-refractivity contribution in [2.24, 2.45) is 0 Å². The Bertz CT molecular complexity index is 1230. The Labute approximate surface area is 169 Å². The molecule has 11 nitrogen and oxygen atoms in total. The smallest absolute Gasteiger partial charge is 0.334 e. The number of aromatic nitrogens is 4. The van der Waals surface area contributed by atoms with Crippen LogP contribution < -0.4 is 16.2 Å². The lowest BCUT2D eigenvalue weighted by Crippen LogP contribution is -2.31. The van der Waals surface area contributed by atoms with E-state index < -0.39 is 16.5 Å². The van der Waals surface area contributed by atoms with Gasteiger partial charge in [0, 0.05) is 23.5 Å². The van der Waals surface area contributed by atoms with Crippen LogP contribution >= 0.6 is 0 Å². The van der Waals surface area contributed by atoms with Crippen LogP contribution in [0.15, 0.2) is 67.3 Å². The van der Waals surface area contributed by atoms with Crippen LogP contribution in [0.3, 0.4) is 0 Å². The first-order valence-corrected chi connectivity index (χ1v) is 8.71. The number of hydrogen-bond donors (Lipinski definition) is 3. The summed E-state index contributed by atoms with van der Waals surface area (Å²) >= 11 is 0. The van der Waals surface area contributed by atoms with E-state index in [2.05, 4.69) is 36.1 Å². The summed E-state index contributed by atoms with van der Waals surface area (Å²) in [5.74, 6) is -0.792. The fourth-order valence-electron chi connectivity index (χ4n) is 2.75. The van der Waals surface area contributed by atoms with Gasteiger partial charge in [-0.3, -0.25) is 35.7 Å². The van der Waals surface area contributed by atoms with Crippen molar-refractivity contribution >= 4 is 39.8 Å². The molecule has 4 aromatic rings. The third kappa shape index (κ3) is 3.80. The number of nitro groups is 1. The molecule has 0 fully saturated rings. The average Bonchev–Trinajstić information content (AvgIpc) is 2.78. The molecule has 0 aliphatic carbocycles. The van der Waals surface area contributed by atoms with Gasteiger partial charge in [0.1, 0.15) is 12.0 Å². The van der Waals surface area contributed by atoms with Crippen LogP contribution in [-0.4, -0.2) is 30.8 Å². The summed E-state index contributed by atoms with van der Waals surface area (Å²) in [6.07, 6.45) is 4.27. The van der Waals surface area contributed by atoms with Crippen LogP contribution in [0.5, 0.6) is 0 Å². The molecule has 3 N–H and O–H groups in total. The molecule has 148 valence electrons. The maximum Gasteiger partial charge on any atom is 0.355 e. The number of hydrazine groups is 1. The zero-order valence-electron chi connectivity index (χ0n) is 15.3. The predicted octanol–water partition coefficient (Wildman–Crippen LogP) is 2.83. The summed E-state index contributed by atoms with van der Waals surface area (Å²) in [4.78, 5) is 39.3. The van der Waals surface area contributed by atoms with Crippen molar-refractivity contribution in [2.45, 2.75) is 0 Å². The average molecular weight is 402 g/mol. The Balaban J connectivity index is 1.63. The zero-order valence-corrected chi connectivity index (χ0v) is 15.3. The molecule has 0 radical (unpaired) electrons. The molecule has 4 rings (SSSR count). The number of hydrogen-bond acceptors (Lipinski definition) is 9. The van der Waals surface area contributed by atoms with Gasteiger partial charge in [0.2, 0.25) is 11.6 Å². The number of benzene rings is 1. The van der Waals surface area contributed by atoms with Crippen LogP contribution in [0.1, 0.15) is 10.5 Å². The number of fused-ring (bicyclic) bond motifs is 1. The van der Waals surface area contributed by atoms with Crippen LogP contribution in [0.4, 0.5) is 23.0 Å². The van der Waals surface area contributed by atoms with Gasteiger partial charge < -0.3 is 5.32 Å². The molecule has 30 heavy (non-hydrogen) atoms. The first-order valence-electron chi connectivity index (χ1n) is 8.71. The van der Waals surface area contributed by atoms with Gasteiger partial charge >= 0.3 is 5.69 Å². The van der Waals surface area contributed by atoms with Crippen molar-refractivity contribution in [3.8, 4) is 0 Å². The molecule has 0 atom stereocenters. The van der Waals surface area contributed by atoms with Crippen LogP contribution in [0.2, 0.25) is 0 Å². The second-order valence-corrected chi connectivity index (χ2v) is 5.97. The second kappa shape index (κ2) is 8.14. The van der Waals surface area contributed by atoms with E-state index in [4.69, 9.17) is 0 Å². The molecule has 0 unspecified atom stereocenters. The van der Waals surface area contributed by atoms with Crippen molar-refractivity contribution < 1.29 is 9.72 Å². The molecule has 0 aliphatic heterocycles. The quantitative estimate of drug-likeness (QED) is 0.327. The number of carbonyl (C=O) groups excluding carboxylic acids is 1. The van der Waals surface area contributed by atoms with E-state index in [1.54, 1.807) is 36.5 Å². The van der Waals surface area contributed by atoms with Gasteiger partial charge in [-0.25, -0.2) is 9.97 Å². The first-order chi connectivity index (χ1) is 14.6. The van der Waals surface area contributed by atoms with E-state index >= 15 is 0 Å². The minimum atomic E-state index is -0.638. The Morgan fingerprint density at radius 2 is 1.73 bits per heavy atom. The van der Waals surface area contributed by atoms with Gasteiger partial charge in [-0.2, -0.15) is 0 Å². The number of rotatable bonds is 6. The highest BCUT2D eigenvalue weighted by Crippen LogP contribution is 2.32. The molecule has 0 aliphatic rings. The number of nitrogens with zero attached hydrogens (tertiary/aromatic N) is 5. The SMILES string of the molecule is O=C(NNc1ncnc(Nc2cccc3ncccc23)c1[N+](=O)[O-])c1ccccn1.